The lowest BCUT2D eigenvalue weighted by atomic mass is 10.1. The smallest absolute Gasteiger partial charge is 0.387 e. The molecule has 2 nitrogen and oxygen atoms in total. The molecule has 0 unspecified atom stereocenters. The molecular weight excluding hydrogens is 205 g/mol. The van der Waals surface area contributed by atoms with Crippen LogP contribution in [0.5, 0.6) is 0 Å². The molecule has 0 aromatic heterocycles. The van der Waals surface area contributed by atoms with Gasteiger partial charge in [-0.3, -0.25) is 0 Å². The number of rotatable bonds is 1. The summed E-state index contributed by atoms with van der Waals surface area (Å²) >= 11 is 0. The predicted molar refractivity (Wildman–Crippen MR) is 53.1 cm³/mol. The molecule has 0 heterocycles. The quantitative estimate of drug-likeness (QED) is 0.568. The predicted octanol–water partition coefficient (Wildman–Crippen LogP) is 3.02. The van der Waals surface area contributed by atoms with E-state index < -0.39 is 11.7 Å². The van der Waals surface area contributed by atoms with Crippen LogP contribution in [-0.2, 0) is 6.18 Å². The van der Waals surface area contributed by atoms with Gasteiger partial charge in [0.05, 0.1) is 17.1 Å². The molecule has 1 rings (SSSR count). The van der Waals surface area contributed by atoms with Gasteiger partial charge in [0, 0.05) is 0 Å². The summed E-state index contributed by atoms with van der Waals surface area (Å²) in [5, 5.41) is 0. The third-order valence-corrected chi connectivity index (χ3v) is 1.83. The molecule has 0 radical (unpaired) electrons. The fraction of sp³-hybridized carbons (Fsp3) is 0.300. The van der Waals surface area contributed by atoms with Crippen molar-refractivity contribution in [1.29, 1.82) is 0 Å². The highest BCUT2D eigenvalue weighted by atomic mass is 19.4. The maximum absolute atomic E-state index is 12.6. The van der Waals surface area contributed by atoms with Crippen molar-refractivity contribution in [3.05, 3.63) is 29.3 Å². The molecule has 1 aromatic rings. The molecule has 0 spiro atoms. The second-order valence-electron chi connectivity index (χ2n) is 3.22. The highest BCUT2D eigenvalue weighted by molar-refractivity contribution is 5.81. The Balaban J connectivity index is 3.40. The van der Waals surface area contributed by atoms with Crippen LogP contribution in [0.25, 0.3) is 0 Å². The highest BCUT2D eigenvalue weighted by Crippen LogP contribution is 2.37. The summed E-state index contributed by atoms with van der Waals surface area (Å²) in [7, 11) is 0. The van der Waals surface area contributed by atoms with Crippen molar-refractivity contribution in [2.24, 2.45) is 10.7 Å². The summed E-state index contributed by atoms with van der Waals surface area (Å²) in [5.41, 5.74) is 4.88. The van der Waals surface area contributed by atoms with Gasteiger partial charge in [0.1, 0.15) is 0 Å². The minimum atomic E-state index is -4.40. The van der Waals surface area contributed by atoms with Gasteiger partial charge in [-0.15, -0.1) is 0 Å². The Bertz CT molecular complexity index is 390. The van der Waals surface area contributed by atoms with Gasteiger partial charge in [-0.25, -0.2) is 4.99 Å². The number of aliphatic imine (C=N–C) groups is 1. The van der Waals surface area contributed by atoms with Crippen molar-refractivity contribution in [2.45, 2.75) is 20.0 Å². The SMILES string of the molecule is C/C(N)=N\c1c(C)cccc1C(F)(F)F. The summed E-state index contributed by atoms with van der Waals surface area (Å²) in [4.78, 5) is 3.70. The number of hydrogen-bond donors (Lipinski definition) is 1. The number of para-hydroxylation sites is 1. The highest BCUT2D eigenvalue weighted by Gasteiger charge is 2.33. The molecule has 82 valence electrons. The van der Waals surface area contributed by atoms with Crippen LogP contribution in [0.15, 0.2) is 23.2 Å². The van der Waals surface area contributed by atoms with Crippen LogP contribution in [0.2, 0.25) is 0 Å². The number of benzene rings is 1. The third-order valence-electron chi connectivity index (χ3n) is 1.83. The Kier molecular flexibility index (Phi) is 3.02. The molecular formula is C10H11F3N2. The van der Waals surface area contributed by atoms with Crippen LogP contribution in [0.4, 0.5) is 18.9 Å². The van der Waals surface area contributed by atoms with Crippen LogP contribution in [0, 0.1) is 6.92 Å². The summed E-state index contributed by atoms with van der Waals surface area (Å²) in [6.45, 7) is 3.02. The van der Waals surface area contributed by atoms with E-state index in [0.29, 0.717) is 5.56 Å². The second-order valence-corrected chi connectivity index (χ2v) is 3.22. The van der Waals surface area contributed by atoms with Gasteiger partial charge >= 0.3 is 6.18 Å². The number of hydrogen-bond acceptors (Lipinski definition) is 1. The molecule has 1 aromatic carbocycles. The van der Waals surface area contributed by atoms with Crippen LogP contribution >= 0.6 is 0 Å². The van der Waals surface area contributed by atoms with Crippen molar-refractivity contribution in [3.63, 3.8) is 0 Å². The molecule has 0 amide bonds. The largest absolute Gasteiger partial charge is 0.418 e. The van der Waals surface area contributed by atoms with Gasteiger partial charge in [-0.2, -0.15) is 13.2 Å². The van der Waals surface area contributed by atoms with Crippen molar-refractivity contribution >= 4 is 11.5 Å². The van der Waals surface area contributed by atoms with E-state index in [1.54, 1.807) is 13.0 Å². The van der Waals surface area contributed by atoms with E-state index in [1.807, 2.05) is 0 Å². The van der Waals surface area contributed by atoms with Crippen LogP contribution in [-0.4, -0.2) is 5.84 Å². The lowest BCUT2D eigenvalue weighted by Crippen LogP contribution is -2.09. The molecule has 0 fully saturated rings. The minimum absolute atomic E-state index is 0.106. The fourth-order valence-corrected chi connectivity index (χ4v) is 1.21. The third kappa shape index (κ3) is 2.71. The molecule has 0 atom stereocenters. The van der Waals surface area contributed by atoms with Crippen LogP contribution in [0.3, 0.4) is 0 Å². The zero-order chi connectivity index (χ0) is 11.6. The molecule has 0 bridgehead atoms. The number of nitrogens with two attached hydrogens (primary N) is 1. The molecule has 5 heteroatoms. The normalized spacial score (nSPS) is 13.0. The standard InChI is InChI=1S/C10H11F3N2/c1-6-4-3-5-8(10(11,12)13)9(6)15-7(2)14/h3-5H,1-2H3,(H2,14,15). The summed E-state index contributed by atoms with van der Waals surface area (Å²) in [6.07, 6.45) is -4.40. The fourth-order valence-electron chi connectivity index (χ4n) is 1.21. The summed E-state index contributed by atoms with van der Waals surface area (Å²) < 4.78 is 37.7. The Hall–Kier alpha value is -1.52. The lowest BCUT2D eigenvalue weighted by Gasteiger charge is -2.11. The average Bonchev–Trinajstić information content (AvgIpc) is 2.05. The molecule has 15 heavy (non-hydrogen) atoms. The van der Waals surface area contributed by atoms with Crippen LogP contribution < -0.4 is 5.73 Å². The number of aryl methyl sites for hydroxylation is 1. The van der Waals surface area contributed by atoms with Crippen molar-refractivity contribution in [2.75, 3.05) is 0 Å². The Labute approximate surface area is 85.6 Å². The van der Waals surface area contributed by atoms with Crippen molar-refractivity contribution in [1.82, 2.24) is 0 Å². The Morgan fingerprint density at radius 3 is 2.40 bits per heavy atom. The van der Waals surface area contributed by atoms with Crippen molar-refractivity contribution < 1.29 is 13.2 Å². The van der Waals surface area contributed by atoms with E-state index in [1.165, 1.54) is 13.0 Å². The molecule has 0 aliphatic carbocycles. The van der Waals surface area contributed by atoms with Gasteiger partial charge in [0.2, 0.25) is 0 Å². The first-order valence-corrected chi connectivity index (χ1v) is 4.30. The van der Waals surface area contributed by atoms with Crippen molar-refractivity contribution in [3.8, 4) is 0 Å². The summed E-state index contributed by atoms with van der Waals surface area (Å²) in [5.74, 6) is 0.106. The zero-order valence-corrected chi connectivity index (χ0v) is 8.39. The van der Waals surface area contributed by atoms with E-state index in [0.717, 1.165) is 6.07 Å². The van der Waals surface area contributed by atoms with E-state index in [9.17, 15) is 13.2 Å². The lowest BCUT2D eigenvalue weighted by molar-refractivity contribution is -0.137. The van der Waals surface area contributed by atoms with Gasteiger partial charge in [-0.05, 0) is 25.5 Å². The number of nitrogens with zero attached hydrogens (tertiary/aromatic N) is 1. The zero-order valence-electron chi connectivity index (χ0n) is 8.39. The summed E-state index contributed by atoms with van der Waals surface area (Å²) in [6, 6.07) is 3.91. The average molecular weight is 216 g/mol. The molecule has 0 saturated heterocycles. The Morgan fingerprint density at radius 1 is 1.33 bits per heavy atom. The molecule has 0 aliphatic heterocycles. The van der Waals surface area contributed by atoms with Gasteiger partial charge in [0.25, 0.3) is 0 Å². The molecule has 0 saturated carbocycles. The van der Waals surface area contributed by atoms with Gasteiger partial charge < -0.3 is 5.73 Å². The van der Waals surface area contributed by atoms with E-state index in [2.05, 4.69) is 4.99 Å². The number of amidine groups is 1. The molecule has 2 N–H and O–H groups in total. The first-order chi connectivity index (χ1) is 6.82. The number of halogens is 3. The maximum atomic E-state index is 12.6. The van der Waals surface area contributed by atoms with Crippen LogP contribution in [0.1, 0.15) is 18.1 Å². The Morgan fingerprint density at radius 2 is 1.93 bits per heavy atom. The van der Waals surface area contributed by atoms with Gasteiger partial charge in [0.15, 0.2) is 0 Å². The van der Waals surface area contributed by atoms with E-state index in [4.69, 9.17) is 5.73 Å². The maximum Gasteiger partial charge on any atom is 0.418 e. The topological polar surface area (TPSA) is 38.4 Å². The second kappa shape index (κ2) is 3.92. The van der Waals surface area contributed by atoms with E-state index >= 15 is 0 Å². The first-order valence-electron chi connectivity index (χ1n) is 4.30. The van der Waals surface area contributed by atoms with E-state index in [-0.39, 0.29) is 11.5 Å². The molecule has 0 aliphatic rings. The minimum Gasteiger partial charge on any atom is -0.387 e. The monoisotopic (exact) mass is 216 g/mol. The number of alkyl halides is 3. The first kappa shape index (κ1) is 11.6. The van der Waals surface area contributed by atoms with Gasteiger partial charge in [-0.1, -0.05) is 12.1 Å².